The Morgan fingerprint density at radius 3 is 2.36 bits per heavy atom. The van der Waals surface area contributed by atoms with E-state index in [4.69, 9.17) is 0 Å². The molecule has 1 aromatic carbocycles. The number of aryl methyl sites for hydroxylation is 1. The highest BCUT2D eigenvalue weighted by Crippen LogP contribution is 2.22. The zero-order valence-electron chi connectivity index (χ0n) is 13.5. The number of rotatable bonds is 4. The molecule has 0 saturated carbocycles. The number of nitrogens with one attached hydrogen (secondary N) is 1. The Bertz CT molecular complexity index is 630. The highest BCUT2D eigenvalue weighted by atomic mass is 15.2. The SMILES string of the molecule is Cc1cc(N2CCCC2)nc(Nc2ccc(N(C)C)cc2)n1. The van der Waals surface area contributed by atoms with E-state index >= 15 is 0 Å². The molecule has 3 rings (SSSR count). The van der Waals surface area contributed by atoms with E-state index in [0.29, 0.717) is 5.95 Å². The van der Waals surface area contributed by atoms with Crippen LogP contribution in [0.5, 0.6) is 0 Å². The third kappa shape index (κ3) is 3.30. The summed E-state index contributed by atoms with van der Waals surface area (Å²) in [5.74, 6) is 1.69. The lowest BCUT2D eigenvalue weighted by atomic mass is 10.2. The molecule has 2 aromatic rings. The fourth-order valence-electron chi connectivity index (χ4n) is 2.69. The molecule has 22 heavy (non-hydrogen) atoms. The van der Waals surface area contributed by atoms with E-state index in [9.17, 15) is 0 Å². The minimum absolute atomic E-state index is 0.666. The predicted octanol–water partition coefficient (Wildman–Crippen LogP) is 3.19. The zero-order chi connectivity index (χ0) is 15.5. The van der Waals surface area contributed by atoms with Gasteiger partial charge in [0.2, 0.25) is 5.95 Å². The lowest BCUT2D eigenvalue weighted by Crippen LogP contribution is -2.19. The highest BCUT2D eigenvalue weighted by molar-refractivity contribution is 5.60. The van der Waals surface area contributed by atoms with E-state index in [1.807, 2.05) is 21.0 Å². The van der Waals surface area contributed by atoms with Crippen molar-refractivity contribution < 1.29 is 0 Å². The Labute approximate surface area is 132 Å². The second-order valence-electron chi connectivity index (χ2n) is 5.95. The van der Waals surface area contributed by atoms with E-state index in [0.717, 1.165) is 30.3 Å². The third-order valence-corrected chi connectivity index (χ3v) is 3.91. The first-order valence-electron chi connectivity index (χ1n) is 7.77. The molecule has 1 N–H and O–H groups in total. The van der Waals surface area contributed by atoms with Gasteiger partial charge in [-0.3, -0.25) is 0 Å². The van der Waals surface area contributed by atoms with Gasteiger partial charge in [-0.05, 0) is 44.0 Å². The van der Waals surface area contributed by atoms with Crippen molar-refractivity contribution in [2.24, 2.45) is 0 Å². The molecule has 1 fully saturated rings. The Kier molecular flexibility index (Phi) is 4.13. The molecule has 1 aromatic heterocycles. The van der Waals surface area contributed by atoms with Crippen molar-refractivity contribution in [3.05, 3.63) is 36.0 Å². The number of nitrogens with zero attached hydrogens (tertiary/aromatic N) is 4. The maximum absolute atomic E-state index is 4.66. The van der Waals surface area contributed by atoms with Crippen molar-refractivity contribution in [1.82, 2.24) is 9.97 Å². The summed E-state index contributed by atoms with van der Waals surface area (Å²) >= 11 is 0. The average molecular weight is 297 g/mol. The minimum Gasteiger partial charge on any atom is -0.378 e. The fraction of sp³-hybridized carbons (Fsp3) is 0.412. The normalized spacial score (nSPS) is 14.2. The van der Waals surface area contributed by atoms with Crippen LogP contribution in [0.25, 0.3) is 0 Å². The highest BCUT2D eigenvalue weighted by Gasteiger charge is 2.15. The Balaban J connectivity index is 1.79. The summed E-state index contributed by atoms with van der Waals surface area (Å²) < 4.78 is 0. The molecule has 0 radical (unpaired) electrons. The van der Waals surface area contributed by atoms with Gasteiger partial charge in [-0.25, -0.2) is 4.98 Å². The fourth-order valence-corrected chi connectivity index (χ4v) is 2.69. The van der Waals surface area contributed by atoms with Crippen LogP contribution in [-0.2, 0) is 0 Å². The molecule has 0 bridgehead atoms. The summed E-state index contributed by atoms with van der Waals surface area (Å²) in [5, 5.41) is 3.31. The molecule has 116 valence electrons. The molecule has 0 amide bonds. The summed E-state index contributed by atoms with van der Waals surface area (Å²) in [7, 11) is 4.07. The molecule has 1 aliphatic heterocycles. The monoisotopic (exact) mass is 297 g/mol. The van der Waals surface area contributed by atoms with Gasteiger partial charge in [-0.2, -0.15) is 4.98 Å². The van der Waals surface area contributed by atoms with Crippen LogP contribution in [0.15, 0.2) is 30.3 Å². The van der Waals surface area contributed by atoms with E-state index in [1.54, 1.807) is 0 Å². The van der Waals surface area contributed by atoms with Crippen LogP contribution in [-0.4, -0.2) is 37.2 Å². The first kappa shape index (κ1) is 14.6. The first-order valence-corrected chi connectivity index (χ1v) is 7.77. The Morgan fingerprint density at radius 2 is 1.73 bits per heavy atom. The van der Waals surface area contributed by atoms with Gasteiger partial charge in [0, 0.05) is 50.3 Å². The van der Waals surface area contributed by atoms with Gasteiger partial charge >= 0.3 is 0 Å². The van der Waals surface area contributed by atoms with Crippen LogP contribution in [0.1, 0.15) is 18.5 Å². The Hall–Kier alpha value is -2.30. The van der Waals surface area contributed by atoms with Crippen LogP contribution in [0.4, 0.5) is 23.1 Å². The summed E-state index contributed by atoms with van der Waals surface area (Å²) in [4.78, 5) is 13.6. The van der Waals surface area contributed by atoms with Gasteiger partial charge in [0.1, 0.15) is 5.82 Å². The molecule has 1 saturated heterocycles. The van der Waals surface area contributed by atoms with Gasteiger partial charge in [-0.15, -0.1) is 0 Å². The molecule has 0 atom stereocenters. The number of hydrogen-bond acceptors (Lipinski definition) is 5. The van der Waals surface area contributed by atoms with E-state index in [-0.39, 0.29) is 0 Å². The first-order chi connectivity index (χ1) is 10.6. The van der Waals surface area contributed by atoms with Gasteiger partial charge in [0.25, 0.3) is 0 Å². The summed E-state index contributed by atoms with van der Waals surface area (Å²) in [6.45, 7) is 4.20. The van der Waals surface area contributed by atoms with Crippen molar-refractivity contribution in [3.8, 4) is 0 Å². The maximum Gasteiger partial charge on any atom is 0.229 e. The largest absolute Gasteiger partial charge is 0.378 e. The molecule has 0 unspecified atom stereocenters. The standard InChI is InChI=1S/C17H23N5/c1-13-12-16(22-10-4-5-11-22)20-17(18-13)19-14-6-8-15(9-7-14)21(2)3/h6-9,12H,4-5,10-11H2,1-3H3,(H,18,19,20). The average Bonchev–Trinajstić information content (AvgIpc) is 3.01. The molecular weight excluding hydrogens is 274 g/mol. The number of hydrogen-bond donors (Lipinski definition) is 1. The van der Waals surface area contributed by atoms with Crippen molar-refractivity contribution in [2.45, 2.75) is 19.8 Å². The van der Waals surface area contributed by atoms with Gasteiger partial charge in [-0.1, -0.05) is 0 Å². The molecule has 5 nitrogen and oxygen atoms in total. The van der Waals surface area contributed by atoms with Crippen LogP contribution in [0.2, 0.25) is 0 Å². The van der Waals surface area contributed by atoms with Gasteiger partial charge in [0.05, 0.1) is 0 Å². The molecule has 0 spiro atoms. The topological polar surface area (TPSA) is 44.3 Å². The van der Waals surface area contributed by atoms with Crippen LogP contribution >= 0.6 is 0 Å². The maximum atomic E-state index is 4.66. The number of anilines is 4. The quantitative estimate of drug-likeness (QED) is 0.939. The van der Waals surface area contributed by atoms with E-state index in [1.165, 1.54) is 18.5 Å². The summed E-state index contributed by atoms with van der Waals surface area (Å²) in [6.07, 6.45) is 2.50. The second kappa shape index (κ2) is 6.22. The van der Waals surface area contributed by atoms with Gasteiger partial charge < -0.3 is 15.1 Å². The lowest BCUT2D eigenvalue weighted by molar-refractivity contribution is 0.923. The number of aromatic nitrogens is 2. The molecular formula is C17H23N5. The zero-order valence-corrected chi connectivity index (χ0v) is 13.5. The minimum atomic E-state index is 0.666. The number of benzene rings is 1. The summed E-state index contributed by atoms with van der Waals surface area (Å²) in [6, 6.07) is 10.3. The smallest absolute Gasteiger partial charge is 0.229 e. The van der Waals surface area contributed by atoms with E-state index in [2.05, 4.69) is 55.4 Å². The molecule has 0 aliphatic carbocycles. The summed E-state index contributed by atoms with van der Waals surface area (Å²) in [5.41, 5.74) is 3.17. The third-order valence-electron chi connectivity index (χ3n) is 3.91. The van der Waals surface area contributed by atoms with Crippen LogP contribution < -0.4 is 15.1 Å². The second-order valence-corrected chi connectivity index (χ2v) is 5.95. The van der Waals surface area contributed by atoms with Gasteiger partial charge in [0.15, 0.2) is 0 Å². The van der Waals surface area contributed by atoms with Crippen LogP contribution in [0, 0.1) is 6.92 Å². The van der Waals surface area contributed by atoms with Crippen molar-refractivity contribution in [1.29, 1.82) is 0 Å². The van der Waals surface area contributed by atoms with Crippen molar-refractivity contribution in [2.75, 3.05) is 42.3 Å². The molecule has 2 heterocycles. The lowest BCUT2D eigenvalue weighted by Gasteiger charge is -2.18. The Morgan fingerprint density at radius 1 is 1.05 bits per heavy atom. The predicted molar refractivity (Wildman–Crippen MR) is 92.3 cm³/mol. The van der Waals surface area contributed by atoms with E-state index < -0.39 is 0 Å². The molecule has 1 aliphatic rings. The van der Waals surface area contributed by atoms with Crippen molar-refractivity contribution in [3.63, 3.8) is 0 Å². The molecule has 5 heteroatoms. The van der Waals surface area contributed by atoms with Crippen molar-refractivity contribution >= 4 is 23.1 Å². The van der Waals surface area contributed by atoms with Crippen LogP contribution in [0.3, 0.4) is 0 Å².